The predicted octanol–water partition coefficient (Wildman–Crippen LogP) is 10.5. The van der Waals surface area contributed by atoms with E-state index < -0.39 is 23.1 Å². The van der Waals surface area contributed by atoms with Gasteiger partial charge in [0, 0.05) is 6.42 Å². The second-order valence-electron chi connectivity index (χ2n) is 11.9. The highest BCUT2D eigenvalue weighted by Gasteiger charge is 2.32. The second-order valence-corrected chi connectivity index (χ2v) is 12.3. The fraction of sp³-hybridized carbons (Fsp3) is 0.938. The molecular weight excluding hydrogens is 484 g/mol. The standard InChI is InChI=1S/C32H61ClO4/c1-6-8-10-12-14-16-17-19-21-23-25-27-29(34)36-28(30(33)31(35)37-32(3,4)5)26-24-22-20-18-15-13-11-9-7-2/h28,30H,6-27H2,1-5H3/t28-,30-/m1/s1. The fourth-order valence-electron chi connectivity index (χ4n) is 4.59. The molecule has 0 aliphatic heterocycles. The number of hydrogen-bond acceptors (Lipinski definition) is 4. The van der Waals surface area contributed by atoms with Crippen molar-refractivity contribution in [3.05, 3.63) is 0 Å². The highest BCUT2D eigenvalue weighted by Crippen LogP contribution is 2.21. The third kappa shape index (κ3) is 24.0. The van der Waals surface area contributed by atoms with Gasteiger partial charge in [0.25, 0.3) is 0 Å². The molecule has 0 aromatic carbocycles. The van der Waals surface area contributed by atoms with Crippen LogP contribution in [0.15, 0.2) is 0 Å². The van der Waals surface area contributed by atoms with Crippen LogP contribution >= 0.6 is 11.6 Å². The lowest BCUT2D eigenvalue weighted by Gasteiger charge is -2.26. The number of rotatable bonds is 25. The van der Waals surface area contributed by atoms with Crippen molar-refractivity contribution in [3.63, 3.8) is 0 Å². The Morgan fingerprint density at radius 2 is 1.00 bits per heavy atom. The van der Waals surface area contributed by atoms with Gasteiger partial charge in [-0.1, -0.05) is 129 Å². The summed E-state index contributed by atoms with van der Waals surface area (Å²) in [4.78, 5) is 25.1. The Morgan fingerprint density at radius 3 is 1.41 bits per heavy atom. The fourth-order valence-corrected chi connectivity index (χ4v) is 4.81. The van der Waals surface area contributed by atoms with Crippen LogP contribution in [0.3, 0.4) is 0 Å². The molecule has 0 aliphatic rings. The van der Waals surface area contributed by atoms with Crippen molar-refractivity contribution in [1.82, 2.24) is 0 Å². The molecule has 0 heterocycles. The zero-order valence-corrected chi connectivity index (χ0v) is 26.0. The molecule has 5 heteroatoms. The van der Waals surface area contributed by atoms with Gasteiger partial charge in [0.2, 0.25) is 0 Å². The van der Waals surface area contributed by atoms with Crippen LogP contribution < -0.4 is 0 Å². The first kappa shape index (κ1) is 36.2. The van der Waals surface area contributed by atoms with Crippen molar-refractivity contribution in [2.75, 3.05) is 0 Å². The number of alkyl halides is 1. The minimum atomic E-state index is -0.963. The largest absolute Gasteiger partial charge is 0.460 e. The van der Waals surface area contributed by atoms with E-state index in [1.807, 2.05) is 20.8 Å². The van der Waals surface area contributed by atoms with Gasteiger partial charge in [-0.05, 0) is 40.0 Å². The van der Waals surface area contributed by atoms with Crippen molar-refractivity contribution in [2.45, 2.75) is 193 Å². The molecule has 0 bridgehead atoms. The summed E-state index contributed by atoms with van der Waals surface area (Å²) in [5.74, 6) is -0.747. The van der Waals surface area contributed by atoms with Gasteiger partial charge in [0.05, 0.1) is 0 Å². The van der Waals surface area contributed by atoms with Crippen LogP contribution in [0, 0.1) is 0 Å². The summed E-state index contributed by atoms with van der Waals surface area (Å²) in [6.45, 7) is 9.96. The number of ether oxygens (including phenoxy) is 2. The Morgan fingerprint density at radius 1 is 0.622 bits per heavy atom. The van der Waals surface area contributed by atoms with E-state index >= 15 is 0 Å². The van der Waals surface area contributed by atoms with Gasteiger partial charge in [-0.3, -0.25) is 9.59 Å². The van der Waals surface area contributed by atoms with E-state index in [1.54, 1.807) is 0 Å². The van der Waals surface area contributed by atoms with E-state index in [4.69, 9.17) is 21.1 Å². The normalized spacial score (nSPS) is 13.4. The van der Waals surface area contributed by atoms with Crippen molar-refractivity contribution < 1.29 is 19.1 Å². The highest BCUT2D eigenvalue weighted by molar-refractivity contribution is 6.30. The maximum absolute atomic E-state index is 12.6. The van der Waals surface area contributed by atoms with Gasteiger partial charge in [-0.25, -0.2) is 0 Å². The molecular formula is C32H61ClO4. The van der Waals surface area contributed by atoms with Gasteiger partial charge in [-0.15, -0.1) is 11.6 Å². The van der Waals surface area contributed by atoms with Gasteiger partial charge in [0.1, 0.15) is 11.7 Å². The number of esters is 2. The molecule has 0 fully saturated rings. The van der Waals surface area contributed by atoms with E-state index in [0.717, 1.165) is 25.7 Å². The number of halogens is 1. The van der Waals surface area contributed by atoms with E-state index in [1.165, 1.54) is 103 Å². The molecule has 0 spiro atoms. The van der Waals surface area contributed by atoms with E-state index in [-0.39, 0.29) is 5.97 Å². The van der Waals surface area contributed by atoms with Crippen LogP contribution in [0.4, 0.5) is 0 Å². The molecule has 4 nitrogen and oxygen atoms in total. The van der Waals surface area contributed by atoms with Crippen LogP contribution in [0.2, 0.25) is 0 Å². The lowest BCUT2D eigenvalue weighted by atomic mass is 10.0. The molecule has 0 aromatic heterocycles. The van der Waals surface area contributed by atoms with Crippen molar-refractivity contribution in [1.29, 1.82) is 0 Å². The maximum Gasteiger partial charge on any atom is 0.328 e. The van der Waals surface area contributed by atoms with Crippen LogP contribution in [-0.2, 0) is 19.1 Å². The van der Waals surface area contributed by atoms with E-state index in [0.29, 0.717) is 12.8 Å². The minimum absolute atomic E-state index is 0.244. The molecule has 0 aliphatic carbocycles. The highest BCUT2D eigenvalue weighted by atomic mass is 35.5. The summed E-state index contributed by atoms with van der Waals surface area (Å²) in [7, 11) is 0. The summed E-state index contributed by atoms with van der Waals surface area (Å²) in [5, 5.41) is -0.963. The number of carbonyl (C=O) groups is 2. The van der Waals surface area contributed by atoms with Crippen molar-refractivity contribution >= 4 is 23.5 Å². The quantitative estimate of drug-likeness (QED) is 0.0651. The Hall–Kier alpha value is -0.770. The Bertz CT molecular complexity index is 543. The van der Waals surface area contributed by atoms with Gasteiger partial charge in [0.15, 0.2) is 5.38 Å². The van der Waals surface area contributed by atoms with E-state index in [2.05, 4.69) is 13.8 Å². The topological polar surface area (TPSA) is 52.6 Å². The molecule has 0 saturated heterocycles. The molecule has 0 rings (SSSR count). The second kappa shape index (κ2) is 24.3. The van der Waals surface area contributed by atoms with Crippen molar-refractivity contribution in [3.8, 4) is 0 Å². The van der Waals surface area contributed by atoms with Crippen LogP contribution in [0.5, 0.6) is 0 Å². The molecule has 0 saturated carbocycles. The molecule has 0 amide bonds. The average molecular weight is 545 g/mol. The molecule has 0 N–H and O–H groups in total. The first-order valence-corrected chi connectivity index (χ1v) is 16.2. The Balaban J connectivity index is 4.29. The molecule has 0 unspecified atom stereocenters. The van der Waals surface area contributed by atoms with Crippen LogP contribution in [0.25, 0.3) is 0 Å². The maximum atomic E-state index is 12.6. The lowest BCUT2D eigenvalue weighted by Crippen LogP contribution is -2.38. The lowest BCUT2D eigenvalue weighted by molar-refractivity contribution is -0.161. The molecule has 2 atom stereocenters. The first-order chi connectivity index (χ1) is 17.7. The number of unbranched alkanes of at least 4 members (excludes halogenated alkanes) is 18. The monoisotopic (exact) mass is 544 g/mol. The molecule has 37 heavy (non-hydrogen) atoms. The number of hydrogen-bond donors (Lipinski definition) is 0. The average Bonchev–Trinajstić information content (AvgIpc) is 2.84. The Kier molecular flexibility index (Phi) is 23.8. The molecule has 220 valence electrons. The summed E-state index contributed by atoms with van der Waals surface area (Å²) in [6.07, 6.45) is 24.9. The Labute approximate surface area is 235 Å². The van der Waals surface area contributed by atoms with Crippen molar-refractivity contribution in [2.24, 2.45) is 0 Å². The molecule has 0 aromatic rings. The van der Waals surface area contributed by atoms with Crippen LogP contribution in [0.1, 0.15) is 176 Å². The summed E-state index contributed by atoms with van der Waals surface area (Å²) in [5.41, 5.74) is -0.619. The summed E-state index contributed by atoms with van der Waals surface area (Å²) >= 11 is 6.48. The smallest absolute Gasteiger partial charge is 0.328 e. The minimum Gasteiger partial charge on any atom is -0.460 e. The van der Waals surface area contributed by atoms with Crippen LogP contribution in [-0.4, -0.2) is 29.0 Å². The predicted molar refractivity (Wildman–Crippen MR) is 158 cm³/mol. The van der Waals surface area contributed by atoms with Gasteiger partial charge in [-0.2, -0.15) is 0 Å². The third-order valence-electron chi connectivity index (χ3n) is 6.82. The van der Waals surface area contributed by atoms with Gasteiger partial charge < -0.3 is 9.47 Å². The zero-order valence-electron chi connectivity index (χ0n) is 25.2. The van der Waals surface area contributed by atoms with E-state index in [9.17, 15) is 9.59 Å². The molecule has 0 radical (unpaired) electrons. The van der Waals surface area contributed by atoms with Gasteiger partial charge >= 0.3 is 11.9 Å². The SMILES string of the molecule is CCCCCCCCCCCCCC(=O)O[C@H](CCCCCCCCCCC)[C@@H](Cl)C(=O)OC(C)(C)C. The third-order valence-corrected chi connectivity index (χ3v) is 7.28. The summed E-state index contributed by atoms with van der Waals surface area (Å²) < 4.78 is 11.2. The zero-order chi connectivity index (χ0) is 27.8. The first-order valence-electron chi connectivity index (χ1n) is 15.8. The summed E-state index contributed by atoms with van der Waals surface area (Å²) in [6, 6.07) is 0. The number of carbonyl (C=O) groups excluding carboxylic acids is 2.